The first kappa shape index (κ1) is 35.0. The van der Waals surface area contributed by atoms with Gasteiger partial charge in [-0.15, -0.1) is 0 Å². The number of nitrogens with one attached hydrogen (secondary N) is 2. The number of hydrogen-bond acceptors (Lipinski definition) is 7. The third-order valence-electron chi connectivity index (χ3n) is 7.35. The molecular formula is C30H50N4O6. The zero-order valence-corrected chi connectivity index (χ0v) is 24.9. The van der Waals surface area contributed by atoms with Gasteiger partial charge in [0.1, 0.15) is 24.2 Å². The topological polar surface area (TPSA) is 161 Å². The Morgan fingerprint density at radius 1 is 0.975 bits per heavy atom. The van der Waals surface area contributed by atoms with Crippen LogP contribution in [0.15, 0.2) is 24.4 Å². The smallest absolute Gasteiger partial charge is 0.325 e. The fourth-order valence-electron chi connectivity index (χ4n) is 4.25. The molecule has 0 aromatic carbocycles. The zero-order valence-electron chi connectivity index (χ0n) is 24.9. The second kappa shape index (κ2) is 19.1. The van der Waals surface area contributed by atoms with Gasteiger partial charge in [0.25, 0.3) is 0 Å². The quantitative estimate of drug-likeness (QED) is 0.138. The van der Waals surface area contributed by atoms with Crippen LogP contribution < -0.4 is 16.4 Å². The molecule has 1 rings (SSSR count). The molecule has 0 radical (unpaired) electrons. The van der Waals surface area contributed by atoms with Gasteiger partial charge in [-0.05, 0) is 37.3 Å². The van der Waals surface area contributed by atoms with Crippen molar-refractivity contribution >= 4 is 23.8 Å². The highest BCUT2D eigenvalue weighted by Gasteiger charge is 2.31. The molecule has 0 unspecified atom stereocenters. The van der Waals surface area contributed by atoms with Crippen LogP contribution in [0.3, 0.4) is 0 Å². The predicted octanol–water partition coefficient (Wildman–Crippen LogP) is 3.76. The van der Waals surface area contributed by atoms with Gasteiger partial charge in [-0.1, -0.05) is 78.7 Å². The number of nitrogens with two attached hydrogens (primary N) is 1. The van der Waals surface area contributed by atoms with Gasteiger partial charge in [0, 0.05) is 18.3 Å². The number of ether oxygens (including phenoxy) is 1. The Hall–Kier alpha value is -3.01. The van der Waals surface area contributed by atoms with E-state index in [1.165, 1.54) is 26.2 Å². The van der Waals surface area contributed by atoms with Gasteiger partial charge in [0.2, 0.25) is 11.8 Å². The van der Waals surface area contributed by atoms with Crippen LogP contribution in [-0.4, -0.2) is 58.1 Å². The number of unbranched alkanes of at least 4 members (excludes halogenated alkanes) is 5. The van der Waals surface area contributed by atoms with Crippen LogP contribution in [0.2, 0.25) is 0 Å². The van der Waals surface area contributed by atoms with Crippen LogP contribution >= 0.6 is 0 Å². The largest absolute Gasteiger partial charge is 0.480 e. The molecule has 0 aliphatic rings. The van der Waals surface area contributed by atoms with E-state index in [0.717, 1.165) is 25.7 Å². The molecule has 0 aliphatic carbocycles. The van der Waals surface area contributed by atoms with Crippen LogP contribution in [0.5, 0.6) is 0 Å². The minimum Gasteiger partial charge on any atom is -0.480 e. The monoisotopic (exact) mass is 562 g/mol. The van der Waals surface area contributed by atoms with Crippen molar-refractivity contribution in [1.29, 1.82) is 0 Å². The molecular weight excluding hydrogens is 512 g/mol. The van der Waals surface area contributed by atoms with Crippen LogP contribution in [0, 0.1) is 11.8 Å². The molecule has 1 heterocycles. The summed E-state index contributed by atoms with van der Waals surface area (Å²) in [5.74, 6) is -3.02. The second-order valence-corrected chi connectivity index (χ2v) is 10.8. The summed E-state index contributed by atoms with van der Waals surface area (Å²) in [5.41, 5.74) is 6.67. The van der Waals surface area contributed by atoms with Crippen molar-refractivity contribution in [2.45, 2.75) is 123 Å². The van der Waals surface area contributed by atoms with Crippen molar-refractivity contribution in [2.24, 2.45) is 17.6 Å². The Morgan fingerprint density at radius 3 is 2.25 bits per heavy atom. The van der Waals surface area contributed by atoms with E-state index < -0.39 is 48.0 Å². The Bertz CT molecular complexity index is 913. The van der Waals surface area contributed by atoms with E-state index in [2.05, 4.69) is 22.5 Å². The minimum absolute atomic E-state index is 0.0708. The van der Waals surface area contributed by atoms with E-state index >= 15 is 0 Å². The SMILES string of the molecule is CCCCCCCC[C@H](C)[C@H](CC(=O)N[C@@H](Cc1ccccn1)C(=O)N[C@@H](C)C(=O)O)OC(=O)[C@H](N)[C@@H](C)CC. The maximum atomic E-state index is 13.2. The van der Waals surface area contributed by atoms with Gasteiger partial charge in [-0.25, -0.2) is 0 Å². The highest BCUT2D eigenvalue weighted by molar-refractivity contribution is 5.90. The Kier molecular flexibility index (Phi) is 16.7. The lowest BCUT2D eigenvalue weighted by Crippen LogP contribution is -2.52. The van der Waals surface area contributed by atoms with Crippen molar-refractivity contribution in [3.05, 3.63) is 30.1 Å². The van der Waals surface area contributed by atoms with Gasteiger partial charge in [-0.3, -0.25) is 24.2 Å². The van der Waals surface area contributed by atoms with Crippen LogP contribution in [-0.2, 0) is 30.3 Å². The average molecular weight is 563 g/mol. The van der Waals surface area contributed by atoms with E-state index in [4.69, 9.17) is 10.5 Å². The first-order valence-electron chi connectivity index (χ1n) is 14.7. The number of rotatable bonds is 20. The number of carbonyl (C=O) groups excluding carboxylic acids is 3. The van der Waals surface area contributed by atoms with Gasteiger partial charge in [-0.2, -0.15) is 0 Å². The van der Waals surface area contributed by atoms with E-state index in [9.17, 15) is 24.3 Å². The summed E-state index contributed by atoms with van der Waals surface area (Å²) in [7, 11) is 0. The number of carbonyl (C=O) groups is 4. The van der Waals surface area contributed by atoms with E-state index in [1.807, 2.05) is 20.8 Å². The predicted molar refractivity (Wildman–Crippen MR) is 154 cm³/mol. The standard InChI is InChI=1S/C30H50N4O6/c1-6-8-9-10-11-12-15-21(4)25(40-30(39)27(31)20(3)7-2)19-26(35)34-24(18-23-16-13-14-17-32-23)28(36)33-22(5)29(37)38/h13-14,16-17,20-22,24-25,27H,6-12,15,18-19,31H2,1-5H3,(H,33,36)(H,34,35)(H,37,38)/t20-,21-,22-,24-,25-,27+/m0/s1. The second-order valence-electron chi connectivity index (χ2n) is 10.8. The minimum atomic E-state index is -1.19. The van der Waals surface area contributed by atoms with Crippen LogP contribution in [0.4, 0.5) is 0 Å². The van der Waals surface area contributed by atoms with Gasteiger partial charge < -0.3 is 26.2 Å². The summed E-state index contributed by atoms with van der Waals surface area (Å²) < 4.78 is 5.80. The molecule has 10 heteroatoms. The van der Waals surface area contributed by atoms with E-state index in [-0.39, 0.29) is 24.7 Å². The Labute approximate surface area is 239 Å². The number of amides is 2. The highest BCUT2D eigenvalue weighted by Crippen LogP contribution is 2.21. The van der Waals surface area contributed by atoms with Crippen LogP contribution in [0.1, 0.15) is 98.1 Å². The van der Waals surface area contributed by atoms with Crippen molar-refractivity contribution in [3.8, 4) is 0 Å². The number of carboxylic acid groups (broad SMARTS) is 1. The number of hydrogen-bond donors (Lipinski definition) is 4. The molecule has 0 saturated heterocycles. The maximum Gasteiger partial charge on any atom is 0.325 e. The Balaban J connectivity index is 2.99. The molecule has 0 fully saturated rings. The fourth-order valence-corrected chi connectivity index (χ4v) is 4.25. The lowest BCUT2D eigenvalue weighted by atomic mass is 9.93. The molecule has 1 aromatic rings. The number of aromatic nitrogens is 1. The number of pyridine rings is 1. The normalized spacial score (nSPS) is 15.7. The summed E-state index contributed by atoms with van der Waals surface area (Å²) >= 11 is 0. The number of carboxylic acids is 1. The summed E-state index contributed by atoms with van der Waals surface area (Å²) in [6, 6.07) is 2.23. The third-order valence-corrected chi connectivity index (χ3v) is 7.35. The molecule has 1 aromatic heterocycles. The first-order valence-corrected chi connectivity index (χ1v) is 14.7. The summed E-state index contributed by atoms with van der Waals surface area (Å²) in [6.07, 6.45) is 9.03. The molecule has 40 heavy (non-hydrogen) atoms. The van der Waals surface area contributed by atoms with Crippen LogP contribution in [0.25, 0.3) is 0 Å². The van der Waals surface area contributed by atoms with Crippen molar-refractivity contribution in [1.82, 2.24) is 15.6 Å². The molecule has 226 valence electrons. The molecule has 0 spiro atoms. The van der Waals surface area contributed by atoms with Crippen molar-refractivity contribution < 1.29 is 29.0 Å². The molecule has 5 N–H and O–H groups in total. The lowest BCUT2D eigenvalue weighted by Gasteiger charge is -2.27. The van der Waals surface area contributed by atoms with Gasteiger partial charge in [0.15, 0.2) is 0 Å². The van der Waals surface area contributed by atoms with E-state index in [1.54, 1.807) is 24.4 Å². The molecule has 0 saturated carbocycles. The molecule has 0 bridgehead atoms. The maximum absolute atomic E-state index is 13.2. The molecule has 0 aliphatic heterocycles. The molecule has 6 atom stereocenters. The highest BCUT2D eigenvalue weighted by atomic mass is 16.5. The third kappa shape index (κ3) is 13.4. The molecule has 2 amide bonds. The number of aliphatic carboxylic acids is 1. The first-order chi connectivity index (χ1) is 19.0. The summed E-state index contributed by atoms with van der Waals surface area (Å²) in [4.78, 5) is 54.5. The summed E-state index contributed by atoms with van der Waals surface area (Å²) in [5, 5.41) is 14.3. The van der Waals surface area contributed by atoms with Gasteiger partial charge >= 0.3 is 11.9 Å². The zero-order chi connectivity index (χ0) is 30.1. The Morgan fingerprint density at radius 2 is 1.65 bits per heavy atom. The fraction of sp³-hybridized carbons (Fsp3) is 0.700. The summed E-state index contributed by atoms with van der Waals surface area (Å²) in [6.45, 7) is 9.31. The van der Waals surface area contributed by atoms with Crippen molar-refractivity contribution in [3.63, 3.8) is 0 Å². The lowest BCUT2D eigenvalue weighted by molar-refractivity contribution is -0.156. The molecule has 10 nitrogen and oxygen atoms in total. The average Bonchev–Trinajstić information content (AvgIpc) is 2.93. The van der Waals surface area contributed by atoms with Crippen molar-refractivity contribution in [2.75, 3.05) is 0 Å². The van der Waals surface area contributed by atoms with Gasteiger partial charge in [0.05, 0.1) is 6.42 Å². The number of nitrogens with zero attached hydrogens (tertiary/aromatic N) is 1. The van der Waals surface area contributed by atoms with E-state index in [0.29, 0.717) is 12.1 Å². The number of esters is 1.